The van der Waals surface area contributed by atoms with Crippen LogP contribution in [0.25, 0.3) is 0 Å². The van der Waals surface area contributed by atoms with Crippen LogP contribution in [-0.4, -0.2) is 19.9 Å². The molecule has 0 bridgehead atoms. The van der Waals surface area contributed by atoms with E-state index in [1.54, 1.807) is 6.92 Å². The Hall–Kier alpha value is -0.660. The van der Waals surface area contributed by atoms with Crippen LogP contribution < -0.4 is 10.5 Å². The van der Waals surface area contributed by atoms with Gasteiger partial charge in [-0.05, 0) is 13.3 Å². The number of anilines is 1. The first-order valence-corrected chi connectivity index (χ1v) is 7.00. The SMILES string of the molecule is CCCCNS(=O)(=O)c1sc(N)nc1C. The highest BCUT2D eigenvalue weighted by Crippen LogP contribution is 2.24. The Morgan fingerprint density at radius 3 is 2.67 bits per heavy atom. The first kappa shape index (κ1) is 12.4. The molecular weight excluding hydrogens is 234 g/mol. The molecule has 1 aromatic rings. The van der Waals surface area contributed by atoms with Gasteiger partial charge in [-0.3, -0.25) is 0 Å². The number of nitrogens with zero attached hydrogens (tertiary/aromatic N) is 1. The van der Waals surface area contributed by atoms with Crippen molar-refractivity contribution in [3.8, 4) is 0 Å². The lowest BCUT2D eigenvalue weighted by atomic mass is 10.3. The van der Waals surface area contributed by atoms with Crippen molar-refractivity contribution in [3.05, 3.63) is 5.69 Å². The number of rotatable bonds is 5. The Bertz CT molecular complexity index is 425. The lowest BCUT2D eigenvalue weighted by Gasteiger charge is -2.03. The molecule has 0 saturated heterocycles. The molecule has 0 unspecified atom stereocenters. The molecule has 0 aliphatic heterocycles. The number of thiazole rings is 1. The summed E-state index contributed by atoms with van der Waals surface area (Å²) in [5, 5.41) is 0.281. The van der Waals surface area contributed by atoms with Gasteiger partial charge in [0.05, 0.1) is 5.69 Å². The van der Waals surface area contributed by atoms with E-state index in [0.717, 1.165) is 24.2 Å². The second-order valence-electron chi connectivity index (χ2n) is 3.18. The molecule has 86 valence electrons. The summed E-state index contributed by atoms with van der Waals surface area (Å²) in [5.74, 6) is 0. The lowest BCUT2D eigenvalue weighted by molar-refractivity contribution is 0.579. The molecule has 1 aromatic heterocycles. The fourth-order valence-corrected chi connectivity index (χ4v) is 3.52. The van der Waals surface area contributed by atoms with Gasteiger partial charge in [0.1, 0.15) is 0 Å². The maximum atomic E-state index is 11.7. The summed E-state index contributed by atoms with van der Waals surface area (Å²) in [6.45, 7) is 4.10. The van der Waals surface area contributed by atoms with Gasteiger partial charge in [-0.1, -0.05) is 24.7 Å². The van der Waals surface area contributed by atoms with Crippen LogP contribution in [0, 0.1) is 6.92 Å². The van der Waals surface area contributed by atoms with Gasteiger partial charge in [0, 0.05) is 6.54 Å². The molecule has 0 aliphatic carbocycles. The number of sulfonamides is 1. The van der Waals surface area contributed by atoms with Gasteiger partial charge in [0.2, 0.25) is 0 Å². The number of nitrogens with two attached hydrogens (primary N) is 1. The minimum atomic E-state index is -3.42. The molecule has 1 rings (SSSR count). The first-order chi connectivity index (χ1) is 6.97. The van der Waals surface area contributed by atoms with Crippen molar-refractivity contribution < 1.29 is 8.42 Å². The Morgan fingerprint density at radius 2 is 2.20 bits per heavy atom. The molecule has 1 heterocycles. The molecule has 3 N–H and O–H groups in total. The van der Waals surface area contributed by atoms with E-state index in [1.165, 1.54) is 0 Å². The van der Waals surface area contributed by atoms with Gasteiger partial charge in [-0.25, -0.2) is 18.1 Å². The van der Waals surface area contributed by atoms with Crippen LogP contribution in [0.15, 0.2) is 4.21 Å². The third-order valence-corrected chi connectivity index (χ3v) is 4.89. The summed E-state index contributed by atoms with van der Waals surface area (Å²) in [5.41, 5.74) is 5.91. The Labute approximate surface area is 93.8 Å². The second-order valence-corrected chi connectivity index (χ2v) is 6.17. The van der Waals surface area contributed by atoms with Gasteiger partial charge in [-0.2, -0.15) is 0 Å². The zero-order chi connectivity index (χ0) is 11.5. The molecule has 0 radical (unpaired) electrons. The van der Waals surface area contributed by atoms with Crippen LogP contribution >= 0.6 is 11.3 Å². The fourth-order valence-electron chi connectivity index (χ4n) is 1.10. The van der Waals surface area contributed by atoms with Crippen molar-refractivity contribution >= 4 is 26.5 Å². The van der Waals surface area contributed by atoms with Gasteiger partial charge in [0.15, 0.2) is 9.34 Å². The average molecular weight is 249 g/mol. The lowest BCUT2D eigenvalue weighted by Crippen LogP contribution is -2.24. The predicted octanol–water partition coefficient (Wildman–Crippen LogP) is 1.11. The molecule has 15 heavy (non-hydrogen) atoms. The summed E-state index contributed by atoms with van der Waals surface area (Å²) < 4.78 is 26.2. The van der Waals surface area contributed by atoms with Crippen LogP contribution in [0.3, 0.4) is 0 Å². The molecule has 0 amide bonds. The van der Waals surface area contributed by atoms with E-state index in [2.05, 4.69) is 9.71 Å². The van der Waals surface area contributed by atoms with E-state index in [4.69, 9.17) is 5.73 Å². The zero-order valence-corrected chi connectivity index (χ0v) is 10.4. The highest BCUT2D eigenvalue weighted by atomic mass is 32.2. The van der Waals surface area contributed by atoms with Crippen LogP contribution in [0.4, 0.5) is 5.13 Å². The quantitative estimate of drug-likeness (QED) is 0.766. The molecule has 0 aromatic carbocycles. The molecule has 0 fully saturated rings. The first-order valence-electron chi connectivity index (χ1n) is 4.70. The van der Waals surface area contributed by atoms with E-state index < -0.39 is 10.0 Å². The zero-order valence-electron chi connectivity index (χ0n) is 8.78. The van der Waals surface area contributed by atoms with Gasteiger partial charge < -0.3 is 5.73 Å². The van der Waals surface area contributed by atoms with Crippen LogP contribution in [0.2, 0.25) is 0 Å². The Balaban J connectivity index is 2.82. The van der Waals surface area contributed by atoms with E-state index >= 15 is 0 Å². The van der Waals surface area contributed by atoms with Crippen LogP contribution in [-0.2, 0) is 10.0 Å². The number of unbranched alkanes of at least 4 members (excludes halogenated alkanes) is 1. The second kappa shape index (κ2) is 4.91. The van der Waals surface area contributed by atoms with Crippen molar-refractivity contribution in [2.75, 3.05) is 12.3 Å². The number of nitrogen functional groups attached to an aromatic ring is 1. The molecule has 0 saturated carbocycles. The number of hydrogen-bond donors (Lipinski definition) is 2. The normalized spacial score (nSPS) is 11.9. The summed E-state index contributed by atoms with van der Waals surface area (Å²) in [6, 6.07) is 0. The van der Waals surface area contributed by atoms with Gasteiger partial charge >= 0.3 is 0 Å². The highest BCUT2D eigenvalue weighted by molar-refractivity contribution is 7.91. The van der Waals surface area contributed by atoms with Crippen molar-refractivity contribution in [1.29, 1.82) is 0 Å². The van der Waals surface area contributed by atoms with E-state index in [9.17, 15) is 8.42 Å². The Kier molecular flexibility index (Phi) is 4.06. The van der Waals surface area contributed by atoms with Crippen molar-refractivity contribution in [2.24, 2.45) is 0 Å². The minimum absolute atomic E-state index is 0.219. The Morgan fingerprint density at radius 1 is 1.53 bits per heavy atom. The number of aromatic nitrogens is 1. The smallest absolute Gasteiger partial charge is 0.252 e. The maximum absolute atomic E-state index is 11.7. The van der Waals surface area contributed by atoms with E-state index in [-0.39, 0.29) is 9.34 Å². The molecular formula is C8H15N3O2S2. The van der Waals surface area contributed by atoms with Crippen molar-refractivity contribution in [1.82, 2.24) is 9.71 Å². The summed E-state index contributed by atoms with van der Waals surface area (Å²) in [7, 11) is -3.42. The minimum Gasteiger partial charge on any atom is -0.375 e. The number of aryl methyl sites for hydroxylation is 1. The number of hydrogen-bond acceptors (Lipinski definition) is 5. The largest absolute Gasteiger partial charge is 0.375 e. The highest BCUT2D eigenvalue weighted by Gasteiger charge is 2.20. The standard InChI is InChI=1S/C8H15N3O2S2/c1-3-4-5-10-15(12,13)7-6(2)11-8(9)14-7/h10H,3-5H2,1-2H3,(H2,9,11). The molecule has 7 heteroatoms. The third-order valence-electron chi connectivity index (χ3n) is 1.84. The van der Waals surface area contributed by atoms with Crippen molar-refractivity contribution in [3.63, 3.8) is 0 Å². The summed E-state index contributed by atoms with van der Waals surface area (Å²) >= 11 is 0.996. The van der Waals surface area contributed by atoms with Crippen molar-refractivity contribution in [2.45, 2.75) is 30.9 Å². The monoisotopic (exact) mass is 249 g/mol. The van der Waals surface area contributed by atoms with E-state index in [0.29, 0.717) is 12.2 Å². The third kappa shape index (κ3) is 3.15. The summed E-state index contributed by atoms with van der Waals surface area (Å²) in [4.78, 5) is 3.88. The van der Waals surface area contributed by atoms with Gasteiger partial charge in [-0.15, -0.1) is 0 Å². The van der Waals surface area contributed by atoms with Crippen LogP contribution in [0.5, 0.6) is 0 Å². The van der Waals surface area contributed by atoms with Gasteiger partial charge in [0.25, 0.3) is 10.0 Å². The van der Waals surface area contributed by atoms with E-state index in [1.807, 2.05) is 6.92 Å². The number of nitrogens with one attached hydrogen (secondary N) is 1. The fraction of sp³-hybridized carbons (Fsp3) is 0.625. The topological polar surface area (TPSA) is 85.1 Å². The molecule has 0 aliphatic rings. The maximum Gasteiger partial charge on any atom is 0.252 e. The molecule has 0 atom stereocenters. The molecule has 0 spiro atoms. The summed E-state index contributed by atoms with van der Waals surface area (Å²) in [6.07, 6.45) is 1.78. The van der Waals surface area contributed by atoms with Crippen LogP contribution in [0.1, 0.15) is 25.5 Å². The predicted molar refractivity (Wildman–Crippen MR) is 61.4 cm³/mol. The average Bonchev–Trinajstić information content (AvgIpc) is 2.46. The molecule has 5 nitrogen and oxygen atoms in total.